The Kier molecular flexibility index (Phi) is 5.58. The largest absolute Gasteiger partial charge is 0.339 e. The van der Waals surface area contributed by atoms with Gasteiger partial charge in [0, 0.05) is 30.2 Å². The van der Waals surface area contributed by atoms with Crippen molar-refractivity contribution < 1.29 is 9.32 Å². The van der Waals surface area contributed by atoms with E-state index >= 15 is 0 Å². The van der Waals surface area contributed by atoms with Crippen LogP contribution >= 0.6 is 11.6 Å². The van der Waals surface area contributed by atoms with E-state index in [1.807, 2.05) is 47.4 Å². The number of urea groups is 1. The molecule has 1 aliphatic rings. The maximum atomic E-state index is 12.5. The molecule has 7 heteroatoms. The van der Waals surface area contributed by atoms with Crippen LogP contribution in [0.4, 0.5) is 4.79 Å². The SMILES string of the molecule is O=C(NCc1ccccc1)N1CCCC(c2nc(-c3cccc(Cl)c3)no2)C1. The summed E-state index contributed by atoms with van der Waals surface area (Å²) in [6, 6.07) is 17.2. The van der Waals surface area contributed by atoms with Crippen LogP contribution in [0.15, 0.2) is 59.1 Å². The van der Waals surface area contributed by atoms with Gasteiger partial charge in [-0.2, -0.15) is 4.98 Å². The summed E-state index contributed by atoms with van der Waals surface area (Å²) in [6.07, 6.45) is 1.82. The van der Waals surface area contributed by atoms with Crippen molar-refractivity contribution in [1.29, 1.82) is 0 Å². The number of hydrogen-bond acceptors (Lipinski definition) is 4. The van der Waals surface area contributed by atoms with Crippen molar-refractivity contribution in [2.75, 3.05) is 13.1 Å². The lowest BCUT2D eigenvalue weighted by atomic mass is 9.98. The van der Waals surface area contributed by atoms with E-state index in [-0.39, 0.29) is 11.9 Å². The lowest BCUT2D eigenvalue weighted by Gasteiger charge is -2.31. The summed E-state index contributed by atoms with van der Waals surface area (Å²) in [7, 11) is 0. The van der Waals surface area contributed by atoms with Gasteiger partial charge in [0.2, 0.25) is 11.7 Å². The monoisotopic (exact) mass is 396 g/mol. The van der Waals surface area contributed by atoms with Gasteiger partial charge in [-0.1, -0.05) is 59.2 Å². The molecule has 0 spiro atoms. The van der Waals surface area contributed by atoms with E-state index < -0.39 is 0 Å². The smallest absolute Gasteiger partial charge is 0.317 e. The van der Waals surface area contributed by atoms with E-state index in [1.54, 1.807) is 12.1 Å². The highest BCUT2D eigenvalue weighted by Gasteiger charge is 2.28. The number of piperidine rings is 1. The average molecular weight is 397 g/mol. The van der Waals surface area contributed by atoms with Crippen molar-refractivity contribution in [2.24, 2.45) is 0 Å². The van der Waals surface area contributed by atoms with Crippen molar-refractivity contribution in [2.45, 2.75) is 25.3 Å². The molecular formula is C21H21ClN4O2. The molecule has 3 aromatic rings. The Bertz CT molecular complexity index is 944. The Hall–Kier alpha value is -2.86. The van der Waals surface area contributed by atoms with Gasteiger partial charge in [-0.25, -0.2) is 4.79 Å². The second-order valence-corrected chi connectivity index (χ2v) is 7.33. The van der Waals surface area contributed by atoms with Crippen LogP contribution in [0.25, 0.3) is 11.4 Å². The highest BCUT2D eigenvalue weighted by molar-refractivity contribution is 6.30. The van der Waals surface area contributed by atoms with E-state index in [2.05, 4.69) is 15.5 Å². The van der Waals surface area contributed by atoms with Gasteiger partial charge in [-0.3, -0.25) is 0 Å². The lowest BCUT2D eigenvalue weighted by Crippen LogP contribution is -2.44. The molecule has 0 saturated carbocycles. The summed E-state index contributed by atoms with van der Waals surface area (Å²) in [5, 5.41) is 7.70. The first-order valence-corrected chi connectivity index (χ1v) is 9.73. The average Bonchev–Trinajstić information content (AvgIpc) is 3.23. The second kappa shape index (κ2) is 8.44. The first-order chi connectivity index (χ1) is 13.7. The standard InChI is InChI=1S/C21H21ClN4O2/c22-18-10-4-8-16(12-18)19-24-20(28-25-19)17-9-5-11-26(14-17)21(27)23-13-15-6-2-1-3-7-15/h1-4,6-8,10,12,17H,5,9,11,13-14H2,(H,23,27). The van der Waals surface area contributed by atoms with Gasteiger partial charge in [-0.15, -0.1) is 0 Å². The van der Waals surface area contributed by atoms with E-state index in [4.69, 9.17) is 16.1 Å². The number of aromatic nitrogens is 2. The normalized spacial score (nSPS) is 16.8. The molecule has 1 atom stereocenters. The van der Waals surface area contributed by atoms with Gasteiger partial charge in [-0.05, 0) is 30.5 Å². The first kappa shape index (κ1) is 18.5. The zero-order chi connectivity index (χ0) is 19.3. The summed E-state index contributed by atoms with van der Waals surface area (Å²) in [5.41, 5.74) is 1.89. The summed E-state index contributed by atoms with van der Waals surface area (Å²) < 4.78 is 5.49. The minimum atomic E-state index is -0.0665. The Morgan fingerprint density at radius 1 is 1.21 bits per heavy atom. The van der Waals surface area contributed by atoms with Gasteiger partial charge in [0.05, 0.1) is 5.92 Å². The second-order valence-electron chi connectivity index (χ2n) is 6.90. The maximum absolute atomic E-state index is 12.5. The third-order valence-electron chi connectivity index (χ3n) is 4.87. The zero-order valence-corrected chi connectivity index (χ0v) is 16.1. The fraction of sp³-hybridized carbons (Fsp3) is 0.286. The Morgan fingerprint density at radius 2 is 2.07 bits per heavy atom. The molecule has 2 heterocycles. The van der Waals surface area contributed by atoms with Crippen LogP contribution in [-0.2, 0) is 6.54 Å². The molecule has 1 aromatic heterocycles. The Balaban J connectivity index is 1.39. The number of hydrogen-bond donors (Lipinski definition) is 1. The van der Waals surface area contributed by atoms with Gasteiger partial charge in [0.15, 0.2) is 0 Å². The van der Waals surface area contributed by atoms with Gasteiger partial charge in [0.1, 0.15) is 0 Å². The fourth-order valence-corrected chi connectivity index (χ4v) is 3.58. The number of nitrogens with one attached hydrogen (secondary N) is 1. The number of benzene rings is 2. The highest BCUT2D eigenvalue weighted by atomic mass is 35.5. The number of halogens is 1. The molecule has 2 amide bonds. The summed E-state index contributed by atoms with van der Waals surface area (Å²) in [5.74, 6) is 1.12. The van der Waals surface area contributed by atoms with E-state index in [0.717, 1.165) is 30.5 Å². The van der Waals surface area contributed by atoms with Crippen molar-refractivity contribution in [3.8, 4) is 11.4 Å². The van der Waals surface area contributed by atoms with E-state index in [0.29, 0.717) is 29.8 Å². The van der Waals surface area contributed by atoms with Crippen LogP contribution in [0.3, 0.4) is 0 Å². The van der Waals surface area contributed by atoms with Crippen LogP contribution in [0.5, 0.6) is 0 Å². The number of rotatable bonds is 4. The molecule has 1 saturated heterocycles. The van der Waals surface area contributed by atoms with Gasteiger partial charge < -0.3 is 14.7 Å². The summed E-state index contributed by atoms with van der Waals surface area (Å²) in [4.78, 5) is 18.9. The van der Waals surface area contributed by atoms with E-state index in [1.165, 1.54) is 0 Å². The molecule has 0 radical (unpaired) electrons. The number of amides is 2. The molecule has 144 valence electrons. The molecule has 1 N–H and O–H groups in total. The van der Waals surface area contributed by atoms with Crippen LogP contribution in [0.2, 0.25) is 5.02 Å². The Morgan fingerprint density at radius 3 is 2.89 bits per heavy atom. The molecule has 0 aliphatic carbocycles. The van der Waals surface area contributed by atoms with Crippen LogP contribution in [0, 0.1) is 0 Å². The number of likely N-dealkylation sites (tertiary alicyclic amines) is 1. The molecule has 6 nitrogen and oxygen atoms in total. The third-order valence-corrected chi connectivity index (χ3v) is 5.10. The molecular weight excluding hydrogens is 376 g/mol. The molecule has 1 aliphatic heterocycles. The molecule has 0 bridgehead atoms. The highest BCUT2D eigenvalue weighted by Crippen LogP contribution is 2.28. The number of carbonyl (C=O) groups excluding carboxylic acids is 1. The van der Waals surface area contributed by atoms with Gasteiger partial charge >= 0.3 is 6.03 Å². The quantitative estimate of drug-likeness (QED) is 0.705. The molecule has 1 fully saturated rings. The van der Waals surface area contributed by atoms with E-state index in [9.17, 15) is 4.79 Å². The molecule has 1 unspecified atom stereocenters. The number of nitrogens with zero attached hydrogens (tertiary/aromatic N) is 3. The summed E-state index contributed by atoms with van der Waals surface area (Å²) in [6.45, 7) is 1.81. The predicted octanol–water partition coefficient (Wildman–Crippen LogP) is 4.48. The molecule has 28 heavy (non-hydrogen) atoms. The molecule has 2 aromatic carbocycles. The minimum Gasteiger partial charge on any atom is -0.339 e. The zero-order valence-electron chi connectivity index (χ0n) is 15.3. The Labute approximate surface area is 168 Å². The summed E-state index contributed by atoms with van der Waals surface area (Å²) >= 11 is 6.04. The fourth-order valence-electron chi connectivity index (χ4n) is 3.39. The topological polar surface area (TPSA) is 71.3 Å². The van der Waals surface area contributed by atoms with Gasteiger partial charge in [0.25, 0.3) is 0 Å². The van der Waals surface area contributed by atoms with Crippen molar-refractivity contribution in [3.05, 3.63) is 71.1 Å². The van der Waals surface area contributed by atoms with Crippen LogP contribution < -0.4 is 5.32 Å². The lowest BCUT2D eigenvalue weighted by molar-refractivity contribution is 0.171. The van der Waals surface area contributed by atoms with Crippen molar-refractivity contribution in [1.82, 2.24) is 20.4 Å². The first-order valence-electron chi connectivity index (χ1n) is 9.35. The minimum absolute atomic E-state index is 0.0386. The van der Waals surface area contributed by atoms with Crippen molar-refractivity contribution in [3.63, 3.8) is 0 Å². The number of carbonyl (C=O) groups is 1. The molecule has 4 rings (SSSR count). The third kappa shape index (κ3) is 4.34. The predicted molar refractivity (Wildman–Crippen MR) is 107 cm³/mol. The maximum Gasteiger partial charge on any atom is 0.317 e. The van der Waals surface area contributed by atoms with Crippen LogP contribution in [-0.4, -0.2) is 34.2 Å². The van der Waals surface area contributed by atoms with Crippen LogP contribution in [0.1, 0.15) is 30.2 Å². The van der Waals surface area contributed by atoms with Crippen molar-refractivity contribution >= 4 is 17.6 Å².